The predicted octanol–water partition coefficient (Wildman–Crippen LogP) is 2.15. The molecule has 1 aliphatic carbocycles. The van der Waals surface area contributed by atoms with E-state index in [-0.39, 0.29) is 30.0 Å². The van der Waals surface area contributed by atoms with Crippen LogP contribution in [0, 0.1) is 11.8 Å². The number of Topliss-reactive ketones (excluding diaryl/α,β-unsaturated/α-hetero) is 1. The van der Waals surface area contributed by atoms with Gasteiger partial charge in [0.1, 0.15) is 0 Å². The van der Waals surface area contributed by atoms with Crippen molar-refractivity contribution < 1.29 is 28.2 Å². The molecule has 7 heteroatoms. The van der Waals surface area contributed by atoms with Crippen LogP contribution >= 0.6 is 0 Å². The molecule has 0 unspecified atom stereocenters. The number of carbonyl (C=O) groups excluding carboxylic acids is 2. The van der Waals surface area contributed by atoms with Gasteiger partial charge in [0.15, 0.2) is 31.4 Å². The first-order valence-corrected chi connectivity index (χ1v) is 11.8. The Morgan fingerprint density at radius 3 is 2.54 bits per heavy atom. The number of rotatable bonds is 2. The standard InChI is InChI=1S/C17H24O6Si/c1-9-7-10-12-13(20-9)11(18)8-17(23-24(4,5)6)16(12,3)21-14(19)15(10,2)22-17/h7,10,12-13H,8H2,1-6H3/t10-,12-,13-,15-,16-,17-/m0/s1. The summed E-state index contributed by atoms with van der Waals surface area (Å²) in [4.78, 5) is 25.5. The van der Waals surface area contributed by atoms with E-state index in [1.54, 1.807) is 6.92 Å². The average Bonchev–Trinajstić information content (AvgIpc) is 2.39. The maximum Gasteiger partial charge on any atom is 0.339 e. The van der Waals surface area contributed by atoms with Crippen LogP contribution in [0.5, 0.6) is 0 Å². The number of allylic oxidation sites excluding steroid dienone is 1. The Labute approximate surface area is 142 Å². The largest absolute Gasteiger partial charge is 0.487 e. The summed E-state index contributed by atoms with van der Waals surface area (Å²) >= 11 is 0. The fraction of sp³-hybridized carbons (Fsp3) is 0.765. The SMILES string of the molecule is CC1=C[C@H]2[C@H]3[C@@H](O1)C(=O)C[C@@]1(O[Si](C)(C)C)O[C@]2(C)C(=O)O[C@@]31C. The molecule has 0 N–H and O–H groups in total. The van der Waals surface area contributed by atoms with Crippen molar-refractivity contribution in [2.45, 2.75) is 69.9 Å². The van der Waals surface area contributed by atoms with Gasteiger partial charge in [0.05, 0.1) is 18.1 Å². The second kappa shape index (κ2) is 4.31. The van der Waals surface area contributed by atoms with E-state index in [0.29, 0.717) is 5.76 Å². The molecular weight excluding hydrogens is 328 g/mol. The van der Waals surface area contributed by atoms with Crippen molar-refractivity contribution in [3.8, 4) is 0 Å². The topological polar surface area (TPSA) is 71.1 Å². The minimum Gasteiger partial charge on any atom is -0.487 e. The van der Waals surface area contributed by atoms with E-state index in [1.807, 2.05) is 39.6 Å². The zero-order valence-electron chi connectivity index (χ0n) is 15.0. The lowest BCUT2D eigenvalue weighted by atomic mass is 9.55. The van der Waals surface area contributed by atoms with E-state index in [4.69, 9.17) is 18.6 Å². The zero-order chi connectivity index (χ0) is 17.7. The van der Waals surface area contributed by atoms with Crippen LogP contribution in [-0.4, -0.2) is 43.2 Å². The number of ether oxygens (including phenoxy) is 3. The molecule has 3 saturated heterocycles. The van der Waals surface area contributed by atoms with Crippen LogP contribution in [0.3, 0.4) is 0 Å². The third-order valence-corrected chi connectivity index (χ3v) is 6.69. The van der Waals surface area contributed by atoms with Gasteiger partial charge < -0.3 is 18.6 Å². The van der Waals surface area contributed by atoms with Crippen molar-refractivity contribution in [3.63, 3.8) is 0 Å². The number of fused-ring (bicyclic) bond motifs is 1. The summed E-state index contributed by atoms with van der Waals surface area (Å²) in [5, 5.41) is 0. The molecule has 1 saturated carbocycles. The highest BCUT2D eigenvalue weighted by atomic mass is 28.4. The summed E-state index contributed by atoms with van der Waals surface area (Å²) in [6.07, 6.45) is 1.33. The molecule has 0 aromatic heterocycles. The van der Waals surface area contributed by atoms with Crippen molar-refractivity contribution in [1.29, 1.82) is 0 Å². The quantitative estimate of drug-likeness (QED) is 0.560. The molecule has 132 valence electrons. The van der Waals surface area contributed by atoms with E-state index in [9.17, 15) is 9.59 Å². The van der Waals surface area contributed by atoms with Gasteiger partial charge in [-0.25, -0.2) is 4.79 Å². The first kappa shape index (κ1) is 16.3. The van der Waals surface area contributed by atoms with Crippen LogP contribution in [0.4, 0.5) is 0 Å². The molecule has 0 aromatic carbocycles. The maximum atomic E-state index is 12.8. The molecule has 5 rings (SSSR count). The normalized spacial score (nSPS) is 49.4. The number of ketones is 1. The molecule has 4 aliphatic heterocycles. The minimum absolute atomic E-state index is 0.0395. The summed E-state index contributed by atoms with van der Waals surface area (Å²) in [5.41, 5.74) is -2.20. The summed E-state index contributed by atoms with van der Waals surface area (Å²) < 4.78 is 24.5. The number of esters is 1. The Morgan fingerprint density at radius 1 is 1.25 bits per heavy atom. The first-order chi connectivity index (χ1) is 10.9. The molecule has 0 amide bonds. The lowest BCUT2D eigenvalue weighted by molar-refractivity contribution is -0.421. The van der Waals surface area contributed by atoms with Gasteiger partial charge in [-0.1, -0.05) is 0 Å². The van der Waals surface area contributed by atoms with Gasteiger partial charge in [0.25, 0.3) is 0 Å². The van der Waals surface area contributed by atoms with Crippen LogP contribution < -0.4 is 0 Å². The van der Waals surface area contributed by atoms with Crippen LogP contribution in [-0.2, 0) is 28.2 Å². The van der Waals surface area contributed by atoms with Crippen molar-refractivity contribution in [2.75, 3.05) is 0 Å². The van der Waals surface area contributed by atoms with Gasteiger partial charge >= 0.3 is 5.97 Å². The molecule has 4 heterocycles. The second-order valence-electron chi connectivity index (χ2n) is 8.68. The highest BCUT2D eigenvalue weighted by molar-refractivity contribution is 6.69. The second-order valence-corrected chi connectivity index (χ2v) is 13.1. The van der Waals surface area contributed by atoms with Gasteiger partial charge in [-0.05, 0) is 46.5 Å². The summed E-state index contributed by atoms with van der Waals surface area (Å²) in [7, 11) is -2.08. The molecule has 0 aromatic rings. The van der Waals surface area contributed by atoms with Crippen LogP contribution in [0.1, 0.15) is 27.2 Å². The molecule has 4 bridgehead atoms. The van der Waals surface area contributed by atoms with Crippen molar-refractivity contribution in [3.05, 3.63) is 11.8 Å². The lowest BCUT2D eigenvalue weighted by Gasteiger charge is -2.69. The van der Waals surface area contributed by atoms with Gasteiger partial charge in [-0.15, -0.1) is 0 Å². The summed E-state index contributed by atoms with van der Waals surface area (Å²) in [6, 6.07) is 0. The molecule has 0 radical (unpaired) electrons. The van der Waals surface area contributed by atoms with Gasteiger partial charge in [-0.3, -0.25) is 4.79 Å². The lowest BCUT2D eigenvalue weighted by Crippen LogP contribution is -2.85. The minimum atomic E-state index is -2.08. The third-order valence-electron chi connectivity index (χ3n) is 5.75. The zero-order valence-corrected chi connectivity index (χ0v) is 16.0. The van der Waals surface area contributed by atoms with Crippen LogP contribution in [0.15, 0.2) is 11.8 Å². The van der Waals surface area contributed by atoms with Gasteiger partial charge in [0, 0.05) is 5.92 Å². The van der Waals surface area contributed by atoms with E-state index in [2.05, 4.69) is 0 Å². The van der Waals surface area contributed by atoms with Crippen molar-refractivity contribution in [1.82, 2.24) is 0 Å². The van der Waals surface area contributed by atoms with E-state index in [0.717, 1.165) is 0 Å². The molecule has 4 fully saturated rings. The van der Waals surface area contributed by atoms with Crippen molar-refractivity contribution >= 4 is 20.1 Å². The van der Waals surface area contributed by atoms with E-state index >= 15 is 0 Å². The Kier molecular flexibility index (Phi) is 2.93. The van der Waals surface area contributed by atoms with E-state index in [1.165, 1.54) is 0 Å². The van der Waals surface area contributed by atoms with Gasteiger partial charge in [0.2, 0.25) is 5.79 Å². The summed E-state index contributed by atoms with van der Waals surface area (Å²) in [5.74, 6) is -1.56. The smallest absolute Gasteiger partial charge is 0.339 e. The highest BCUT2D eigenvalue weighted by Crippen LogP contribution is 2.63. The Morgan fingerprint density at radius 2 is 1.92 bits per heavy atom. The Hall–Kier alpha value is -1.18. The maximum absolute atomic E-state index is 12.8. The van der Waals surface area contributed by atoms with Crippen LogP contribution in [0.25, 0.3) is 0 Å². The number of hydrogen-bond donors (Lipinski definition) is 0. The number of carbonyl (C=O) groups is 2. The third kappa shape index (κ3) is 1.78. The Bertz CT molecular complexity index is 681. The fourth-order valence-electron chi connectivity index (χ4n) is 4.83. The monoisotopic (exact) mass is 352 g/mol. The molecule has 24 heavy (non-hydrogen) atoms. The van der Waals surface area contributed by atoms with E-state index < -0.39 is 31.4 Å². The molecule has 5 aliphatic rings. The number of hydrogen-bond acceptors (Lipinski definition) is 6. The fourth-order valence-corrected chi connectivity index (χ4v) is 6.14. The molecule has 6 atom stereocenters. The highest BCUT2D eigenvalue weighted by Gasteiger charge is 2.80. The van der Waals surface area contributed by atoms with Crippen molar-refractivity contribution in [2.24, 2.45) is 11.8 Å². The average molecular weight is 352 g/mol. The summed E-state index contributed by atoms with van der Waals surface area (Å²) in [6.45, 7) is 11.5. The predicted molar refractivity (Wildman–Crippen MR) is 86.4 cm³/mol. The Balaban J connectivity index is 1.93. The van der Waals surface area contributed by atoms with Gasteiger partial charge in [-0.2, -0.15) is 0 Å². The van der Waals surface area contributed by atoms with Crippen LogP contribution in [0.2, 0.25) is 19.6 Å². The molecular formula is C17H24O6Si. The molecule has 6 nitrogen and oxygen atoms in total. The first-order valence-electron chi connectivity index (χ1n) is 8.43. The molecule has 0 spiro atoms.